The molecular formula is C16H14N2. The fourth-order valence-electron chi connectivity index (χ4n) is 2.64. The molecule has 0 amide bonds. The number of benzene rings is 1. The van der Waals surface area contributed by atoms with Crippen LogP contribution in [0.3, 0.4) is 0 Å². The molecule has 18 heavy (non-hydrogen) atoms. The van der Waals surface area contributed by atoms with Crippen LogP contribution in [0.25, 0.3) is 11.1 Å². The number of hydrogen-bond acceptors (Lipinski definition) is 2. The highest BCUT2D eigenvalue weighted by Crippen LogP contribution is 2.28. The van der Waals surface area contributed by atoms with Crippen LogP contribution >= 0.6 is 0 Å². The number of rotatable bonds is 1. The number of nitriles is 1. The fourth-order valence-corrected chi connectivity index (χ4v) is 2.64. The molecule has 0 atom stereocenters. The van der Waals surface area contributed by atoms with Gasteiger partial charge in [-0.1, -0.05) is 18.2 Å². The number of nitrogens with zero attached hydrogens (tertiary/aromatic N) is 2. The fraction of sp³-hybridized carbons (Fsp3) is 0.250. The smallest absolute Gasteiger partial charge is 0.101 e. The third-order valence-electron chi connectivity index (χ3n) is 3.60. The Labute approximate surface area is 107 Å². The summed E-state index contributed by atoms with van der Waals surface area (Å²) in [5.74, 6) is 0. The molecule has 2 nitrogen and oxygen atoms in total. The van der Waals surface area contributed by atoms with Crippen LogP contribution < -0.4 is 0 Å². The van der Waals surface area contributed by atoms with Crippen LogP contribution in [0.4, 0.5) is 0 Å². The van der Waals surface area contributed by atoms with E-state index < -0.39 is 0 Å². The molecule has 0 bridgehead atoms. The van der Waals surface area contributed by atoms with Gasteiger partial charge >= 0.3 is 0 Å². The minimum atomic E-state index is 0.647. The summed E-state index contributed by atoms with van der Waals surface area (Å²) >= 11 is 0. The molecule has 0 radical (unpaired) electrons. The number of pyridine rings is 1. The van der Waals surface area contributed by atoms with Crippen LogP contribution in [0.5, 0.6) is 0 Å². The van der Waals surface area contributed by atoms with E-state index >= 15 is 0 Å². The lowest BCUT2D eigenvalue weighted by Gasteiger charge is -2.16. The molecule has 1 aromatic heterocycles. The van der Waals surface area contributed by atoms with Gasteiger partial charge in [-0.05, 0) is 48.4 Å². The van der Waals surface area contributed by atoms with E-state index in [2.05, 4.69) is 29.3 Å². The predicted molar refractivity (Wildman–Crippen MR) is 71.0 cm³/mol. The standard InChI is InChI=1S/C16H14N2/c17-10-15-11-18-8-7-16(15)14-6-5-12-3-1-2-4-13(12)9-14/h5-9,11H,1-4H2. The maximum atomic E-state index is 9.13. The molecule has 2 aromatic rings. The highest BCUT2D eigenvalue weighted by Gasteiger charge is 2.11. The topological polar surface area (TPSA) is 36.7 Å². The monoisotopic (exact) mass is 234 g/mol. The average molecular weight is 234 g/mol. The zero-order chi connectivity index (χ0) is 12.4. The number of fused-ring (bicyclic) bond motifs is 1. The molecule has 1 aliphatic rings. The van der Waals surface area contributed by atoms with Crippen LogP contribution in [0.2, 0.25) is 0 Å². The van der Waals surface area contributed by atoms with Crippen LogP contribution in [0.15, 0.2) is 36.7 Å². The van der Waals surface area contributed by atoms with E-state index in [1.165, 1.54) is 30.4 Å². The van der Waals surface area contributed by atoms with Crippen molar-refractivity contribution >= 4 is 0 Å². The Kier molecular flexibility index (Phi) is 2.82. The van der Waals surface area contributed by atoms with Gasteiger partial charge in [0.05, 0.1) is 5.56 Å². The van der Waals surface area contributed by atoms with E-state index in [0.29, 0.717) is 5.56 Å². The third-order valence-corrected chi connectivity index (χ3v) is 3.60. The van der Waals surface area contributed by atoms with Gasteiger partial charge in [0.2, 0.25) is 0 Å². The van der Waals surface area contributed by atoms with Gasteiger partial charge in [-0.15, -0.1) is 0 Å². The van der Waals surface area contributed by atoms with Crippen molar-refractivity contribution < 1.29 is 0 Å². The molecular weight excluding hydrogens is 220 g/mol. The van der Waals surface area contributed by atoms with Crippen LogP contribution in [0, 0.1) is 11.3 Å². The largest absolute Gasteiger partial charge is 0.263 e. The first kappa shape index (κ1) is 11.0. The van der Waals surface area contributed by atoms with Crippen molar-refractivity contribution in [1.29, 1.82) is 5.26 Å². The molecule has 1 aliphatic carbocycles. The van der Waals surface area contributed by atoms with Gasteiger partial charge in [-0.2, -0.15) is 5.26 Å². The van der Waals surface area contributed by atoms with Crippen molar-refractivity contribution in [2.24, 2.45) is 0 Å². The molecule has 0 saturated carbocycles. The van der Waals surface area contributed by atoms with Crippen LogP contribution in [-0.4, -0.2) is 4.98 Å². The summed E-state index contributed by atoms with van der Waals surface area (Å²) in [6.07, 6.45) is 8.31. The zero-order valence-electron chi connectivity index (χ0n) is 10.2. The van der Waals surface area contributed by atoms with Crippen molar-refractivity contribution in [2.45, 2.75) is 25.7 Å². The quantitative estimate of drug-likeness (QED) is 0.757. The summed E-state index contributed by atoms with van der Waals surface area (Å²) < 4.78 is 0. The first-order chi connectivity index (χ1) is 8.88. The second-order valence-corrected chi connectivity index (χ2v) is 4.72. The molecule has 1 heterocycles. The Morgan fingerprint density at radius 3 is 2.72 bits per heavy atom. The van der Waals surface area contributed by atoms with Gasteiger partial charge < -0.3 is 0 Å². The predicted octanol–water partition coefficient (Wildman–Crippen LogP) is 3.50. The molecule has 0 aliphatic heterocycles. The average Bonchev–Trinajstić information content (AvgIpc) is 2.46. The molecule has 2 heteroatoms. The lowest BCUT2D eigenvalue weighted by molar-refractivity contribution is 0.686. The van der Waals surface area contributed by atoms with Crippen LogP contribution in [0.1, 0.15) is 29.5 Å². The summed E-state index contributed by atoms with van der Waals surface area (Å²) in [5.41, 5.74) is 5.68. The molecule has 0 saturated heterocycles. The summed E-state index contributed by atoms with van der Waals surface area (Å²) in [6.45, 7) is 0. The Morgan fingerprint density at radius 2 is 1.89 bits per heavy atom. The molecule has 88 valence electrons. The number of aryl methyl sites for hydroxylation is 2. The van der Waals surface area contributed by atoms with Gasteiger partial charge in [-0.25, -0.2) is 0 Å². The summed E-state index contributed by atoms with van der Waals surface area (Å²) in [4.78, 5) is 4.01. The van der Waals surface area contributed by atoms with Crippen molar-refractivity contribution in [2.75, 3.05) is 0 Å². The van der Waals surface area contributed by atoms with E-state index in [1.54, 1.807) is 12.4 Å². The van der Waals surface area contributed by atoms with E-state index in [0.717, 1.165) is 17.5 Å². The maximum Gasteiger partial charge on any atom is 0.101 e. The van der Waals surface area contributed by atoms with Crippen molar-refractivity contribution in [3.8, 4) is 17.2 Å². The summed E-state index contributed by atoms with van der Waals surface area (Å²) in [6, 6.07) is 10.7. The lowest BCUT2D eigenvalue weighted by Crippen LogP contribution is -2.02. The van der Waals surface area contributed by atoms with Gasteiger partial charge in [-0.3, -0.25) is 4.98 Å². The molecule has 0 unspecified atom stereocenters. The number of hydrogen-bond donors (Lipinski definition) is 0. The second-order valence-electron chi connectivity index (χ2n) is 4.72. The first-order valence-corrected chi connectivity index (χ1v) is 6.35. The molecule has 0 N–H and O–H groups in total. The maximum absolute atomic E-state index is 9.13. The molecule has 0 spiro atoms. The van der Waals surface area contributed by atoms with Gasteiger partial charge in [0.15, 0.2) is 0 Å². The van der Waals surface area contributed by atoms with Gasteiger partial charge in [0, 0.05) is 18.0 Å². The van der Waals surface area contributed by atoms with Crippen molar-refractivity contribution in [1.82, 2.24) is 4.98 Å². The van der Waals surface area contributed by atoms with E-state index in [-0.39, 0.29) is 0 Å². The van der Waals surface area contributed by atoms with Gasteiger partial charge in [0.1, 0.15) is 6.07 Å². The van der Waals surface area contributed by atoms with Crippen molar-refractivity contribution in [3.63, 3.8) is 0 Å². The van der Waals surface area contributed by atoms with E-state index in [4.69, 9.17) is 5.26 Å². The highest BCUT2D eigenvalue weighted by molar-refractivity contribution is 5.70. The third kappa shape index (κ3) is 1.89. The van der Waals surface area contributed by atoms with Crippen molar-refractivity contribution in [3.05, 3.63) is 53.3 Å². The summed E-state index contributed by atoms with van der Waals surface area (Å²) in [7, 11) is 0. The summed E-state index contributed by atoms with van der Waals surface area (Å²) in [5, 5.41) is 9.13. The number of aromatic nitrogens is 1. The SMILES string of the molecule is N#Cc1cnccc1-c1ccc2c(c1)CCCC2. The van der Waals surface area contributed by atoms with Gasteiger partial charge in [0.25, 0.3) is 0 Å². The highest BCUT2D eigenvalue weighted by atomic mass is 14.6. The lowest BCUT2D eigenvalue weighted by atomic mass is 9.88. The Hall–Kier alpha value is -2.14. The second kappa shape index (κ2) is 4.62. The Balaban J connectivity index is 2.10. The Bertz CT molecular complexity index is 623. The molecule has 0 fully saturated rings. The molecule has 3 rings (SSSR count). The van der Waals surface area contributed by atoms with E-state index in [9.17, 15) is 0 Å². The minimum Gasteiger partial charge on any atom is -0.263 e. The molecule has 1 aromatic carbocycles. The first-order valence-electron chi connectivity index (χ1n) is 6.35. The zero-order valence-corrected chi connectivity index (χ0v) is 10.2. The van der Waals surface area contributed by atoms with Crippen LogP contribution in [-0.2, 0) is 12.8 Å². The normalized spacial score (nSPS) is 13.7. The minimum absolute atomic E-state index is 0.647. The van der Waals surface area contributed by atoms with E-state index in [1.807, 2.05) is 6.07 Å². The Morgan fingerprint density at radius 1 is 1.06 bits per heavy atom.